The summed E-state index contributed by atoms with van der Waals surface area (Å²) >= 11 is 3.04. The van der Waals surface area contributed by atoms with Gasteiger partial charge >= 0.3 is 0 Å². The fourth-order valence-corrected chi connectivity index (χ4v) is 4.41. The second-order valence-corrected chi connectivity index (χ2v) is 6.39. The number of allylic oxidation sites excluding steroid dienone is 1. The van der Waals surface area contributed by atoms with Crippen molar-refractivity contribution < 1.29 is 0 Å². The lowest BCUT2D eigenvalue weighted by Gasteiger charge is -2.30. The summed E-state index contributed by atoms with van der Waals surface area (Å²) in [5.74, 6) is 0.680. The van der Waals surface area contributed by atoms with E-state index in [2.05, 4.69) is 29.0 Å². The SMILES string of the molecule is NSC1=C(C2CCCCC2)c2ccccc2SN1. The summed E-state index contributed by atoms with van der Waals surface area (Å²) in [7, 11) is 0. The molecule has 96 valence electrons. The molecule has 0 bridgehead atoms. The Morgan fingerprint density at radius 1 is 1.17 bits per heavy atom. The predicted molar refractivity (Wildman–Crippen MR) is 80.7 cm³/mol. The molecule has 1 aliphatic carbocycles. The summed E-state index contributed by atoms with van der Waals surface area (Å²) in [5, 5.41) is 7.00. The van der Waals surface area contributed by atoms with E-state index in [9.17, 15) is 0 Å². The minimum atomic E-state index is 0.680. The lowest BCUT2D eigenvalue weighted by Crippen LogP contribution is -2.18. The molecule has 0 atom stereocenters. The number of hydrogen-bond donors (Lipinski definition) is 2. The standard InChI is InChI=1S/C14H18N2S2/c15-17-14-13(10-6-2-1-3-7-10)11-8-4-5-9-12(11)18-16-14/h4-5,8-10,16H,1-3,6-7,15H2. The summed E-state index contributed by atoms with van der Waals surface area (Å²) < 4.78 is 3.41. The van der Waals surface area contributed by atoms with Gasteiger partial charge in [-0.25, -0.2) is 0 Å². The van der Waals surface area contributed by atoms with Crippen LogP contribution < -0.4 is 9.86 Å². The first kappa shape index (κ1) is 12.5. The Hall–Kier alpha value is -0.580. The maximum Gasteiger partial charge on any atom is 0.0975 e. The first-order valence-corrected chi connectivity index (χ1v) is 8.23. The molecular weight excluding hydrogens is 260 g/mol. The summed E-state index contributed by atoms with van der Waals surface area (Å²) in [4.78, 5) is 1.33. The number of fused-ring (bicyclic) bond motifs is 1. The minimum Gasteiger partial charge on any atom is -0.319 e. The van der Waals surface area contributed by atoms with Crippen LogP contribution in [-0.4, -0.2) is 0 Å². The molecule has 4 heteroatoms. The van der Waals surface area contributed by atoms with Gasteiger partial charge in [0.15, 0.2) is 0 Å². The first-order chi connectivity index (χ1) is 8.90. The largest absolute Gasteiger partial charge is 0.319 e. The molecule has 0 amide bonds. The summed E-state index contributed by atoms with van der Waals surface area (Å²) in [6.45, 7) is 0. The lowest BCUT2D eigenvalue weighted by atomic mass is 9.81. The van der Waals surface area contributed by atoms with Crippen LogP contribution in [0.5, 0.6) is 0 Å². The molecule has 1 aromatic rings. The molecule has 18 heavy (non-hydrogen) atoms. The van der Waals surface area contributed by atoms with Crippen molar-refractivity contribution in [2.24, 2.45) is 11.1 Å². The number of rotatable bonds is 2. The molecule has 1 aromatic carbocycles. The molecule has 1 aliphatic heterocycles. The van der Waals surface area contributed by atoms with Crippen LogP contribution in [0.1, 0.15) is 37.7 Å². The van der Waals surface area contributed by atoms with Crippen molar-refractivity contribution in [2.75, 3.05) is 0 Å². The molecule has 2 nitrogen and oxygen atoms in total. The van der Waals surface area contributed by atoms with E-state index < -0.39 is 0 Å². The third-order valence-corrected chi connectivity index (χ3v) is 5.38. The molecule has 3 N–H and O–H groups in total. The van der Waals surface area contributed by atoms with E-state index in [1.54, 1.807) is 11.9 Å². The number of benzene rings is 1. The quantitative estimate of drug-likeness (QED) is 0.797. The van der Waals surface area contributed by atoms with E-state index in [1.807, 2.05) is 0 Å². The van der Waals surface area contributed by atoms with Crippen LogP contribution in [0.2, 0.25) is 0 Å². The van der Waals surface area contributed by atoms with E-state index in [1.165, 1.54) is 60.1 Å². The summed E-state index contributed by atoms with van der Waals surface area (Å²) in [6, 6.07) is 8.66. The van der Waals surface area contributed by atoms with Crippen LogP contribution in [-0.2, 0) is 0 Å². The van der Waals surface area contributed by atoms with Gasteiger partial charge in [0, 0.05) is 4.90 Å². The van der Waals surface area contributed by atoms with Gasteiger partial charge in [-0.1, -0.05) is 37.5 Å². The number of hydrogen-bond acceptors (Lipinski definition) is 4. The van der Waals surface area contributed by atoms with Gasteiger partial charge in [-0.15, -0.1) is 0 Å². The highest BCUT2D eigenvalue weighted by Gasteiger charge is 2.27. The van der Waals surface area contributed by atoms with Crippen molar-refractivity contribution in [1.29, 1.82) is 0 Å². The fraction of sp³-hybridized carbons (Fsp3) is 0.429. The molecule has 3 rings (SSSR count). The molecule has 0 saturated heterocycles. The third kappa shape index (κ3) is 2.29. The highest BCUT2D eigenvalue weighted by Crippen LogP contribution is 2.44. The normalized spacial score (nSPS) is 20.5. The zero-order valence-corrected chi connectivity index (χ0v) is 11.9. The van der Waals surface area contributed by atoms with Gasteiger partial charge in [-0.05, 0) is 59.9 Å². The van der Waals surface area contributed by atoms with Gasteiger partial charge in [0.1, 0.15) is 0 Å². The highest BCUT2D eigenvalue weighted by atomic mass is 32.2. The highest BCUT2D eigenvalue weighted by molar-refractivity contribution is 8.03. The third-order valence-electron chi connectivity index (χ3n) is 3.81. The molecule has 0 aromatic heterocycles. The maximum absolute atomic E-state index is 5.84. The smallest absolute Gasteiger partial charge is 0.0975 e. The molecule has 0 unspecified atom stereocenters. The van der Waals surface area contributed by atoms with Crippen molar-refractivity contribution in [3.8, 4) is 0 Å². The Morgan fingerprint density at radius 3 is 2.72 bits per heavy atom. The first-order valence-electron chi connectivity index (χ1n) is 6.53. The molecular formula is C14H18N2S2. The van der Waals surface area contributed by atoms with Crippen molar-refractivity contribution in [2.45, 2.75) is 37.0 Å². The number of nitrogens with two attached hydrogens (primary N) is 1. The maximum atomic E-state index is 5.84. The van der Waals surface area contributed by atoms with E-state index in [0.717, 1.165) is 5.03 Å². The molecule has 1 saturated carbocycles. The van der Waals surface area contributed by atoms with Gasteiger partial charge in [0.25, 0.3) is 0 Å². The topological polar surface area (TPSA) is 38.0 Å². The molecule has 1 heterocycles. The van der Waals surface area contributed by atoms with Crippen LogP contribution in [0, 0.1) is 5.92 Å². The van der Waals surface area contributed by atoms with E-state index in [-0.39, 0.29) is 0 Å². The van der Waals surface area contributed by atoms with Gasteiger partial charge in [-0.3, -0.25) is 5.14 Å². The average molecular weight is 278 g/mol. The van der Waals surface area contributed by atoms with Crippen LogP contribution in [0.15, 0.2) is 34.2 Å². The van der Waals surface area contributed by atoms with Gasteiger partial charge in [0.2, 0.25) is 0 Å². The van der Waals surface area contributed by atoms with Crippen molar-refractivity contribution in [1.82, 2.24) is 4.72 Å². The zero-order valence-electron chi connectivity index (χ0n) is 10.3. The Kier molecular flexibility index (Phi) is 3.87. The lowest BCUT2D eigenvalue weighted by molar-refractivity contribution is 0.428. The summed E-state index contributed by atoms with van der Waals surface area (Å²) in [6.07, 6.45) is 6.71. The van der Waals surface area contributed by atoms with Crippen LogP contribution in [0.3, 0.4) is 0 Å². The van der Waals surface area contributed by atoms with Gasteiger partial charge in [0.05, 0.1) is 5.03 Å². The van der Waals surface area contributed by atoms with Crippen molar-refractivity contribution in [3.63, 3.8) is 0 Å². The number of nitrogens with one attached hydrogen (secondary N) is 1. The Bertz CT molecular complexity index is 465. The predicted octanol–water partition coefficient (Wildman–Crippen LogP) is 4.15. The van der Waals surface area contributed by atoms with E-state index in [0.29, 0.717) is 5.92 Å². The Labute approximate surface area is 117 Å². The van der Waals surface area contributed by atoms with Crippen LogP contribution >= 0.6 is 23.9 Å². The molecule has 2 aliphatic rings. The van der Waals surface area contributed by atoms with E-state index in [4.69, 9.17) is 5.14 Å². The molecule has 1 fully saturated rings. The minimum absolute atomic E-state index is 0.680. The van der Waals surface area contributed by atoms with Gasteiger partial charge in [-0.2, -0.15) is 0 Å². The Morgan fingerprint density at radius 2 is 1.94 bits per heavy atom. The van der Waals surface area contributed by atoms with Crippen molar-refractivity contribution in [3.05, 3.63) is 34.9 Å². The van der Waals surface area contributed by atoms with E-state index >= 15 is 0 Å². The Balaban J connectivity index is 2.02. The second-order valence-electron chi connectivity index (χ2n) is 4.90. The monoisotopic (exact) mass is 278 g/mol. The van der Waals surface area contributed by atoms with Crippen LogP contribution in [0.4, 0.5) is 0 Å². The molecule has 0 radical (unpaired) electrons. The summed E-state index contributed by atoms with van der Waals surface area (Å²) in [5.41, 5.74) is 2.85. The van der Waals surface area contributed by atoms with Crippen molar-refractivity contribution >= 4 is 29.5 Å². The second kappa shape index (κ2) is 5.59. The van der Waals surface area contributed by atoms with Gasteiger partial charge < -0.3 is 4.72 Å². The van der Waals surface area contributed by atoms with Crippen LogP contribution in [0.25, 0.3) is 5.57 Å². The fourth-order valence-electron chi connectivity index (χ4n) is 2.94. The molecule has 0 spiro atoms. The zero-order chi connectivity index (χ0) is 12.4. The average Bonchev–Trinajstić information content (AvgIpc) is 2.47.